The van der Waals surface area contributed by atoms with Crippen LogP contribution in [0.1, 0.15) is 36.8 Å². The number of hydrogen-bond donors (Lipinski definition) is 1. The first kappa shape index (κ1) is 11.5. The van der Waals surface area contributed by atoms with Crippen molar-refractivity contribution in [1.82, 2.24) is 0 Å². The van der Waals surface area contributed by atoms with Crippen molar-refractivity contribution in [3.8, 4) is 0 Å². The zero-order valence-corrected chi connectivity index (χ0v) is 10.1. The van der Waals surface area contributed by atoms with Crippen LogP contribution in [0.2, 0.25) is 0 Å². The topological polar surface area (TPSA) is 23.5 Å². The van der Waals surface area contributed by atoms with Gasteiger partial charge in [0.15, 0.2) is 0 Å². The fourth-order valence-corrected chi connectivity index (χ4v) is 2.46. The Morgan fingerprint density at radius 1 is 1.12 bits per heavy atom. The van der Waals surface area contributed by atoms with E-state index in [4.69, 9.17) is 0 Å². The molecule has 2 heteroatoms. The number of hydrogen-bond acceptors (Lipinski definition) is 2. The SMILES string of the molecule is Cc1ccc(N2CCCCCC2)c(CO)c1. The molecule has 0 saturated carbocycles. The van der Waals surface area contributed by atoms with Crippen LogP contribution >= 0.6 is 0 Å². The minimum Gasteiger partial charge on any atom is -0.392 e. The van der Waals surface area contributed by atoms with Crippen LogP contribution in [0, 0.1) is 6.92 Å². The Morgan fingerprint density at radius 2 is 1.81 bits per heavy atom. The highest BCUT2D eigenvalue weighted by Crippen LogP contribution is 2.24. The first-order valence-electron chi connectivity index (χ1n) is 6.26. The maximum atomic E-state index is 9.42. The van der Waals surface area contributed by atoms with Crippen LogP contribution < -0.4 is 4.90 Å². The number of rotatable bonds is 2. The van der Waals surface area contributed by atoms with Crippen LogP contribution in [-0.2, 0) is 6.61 Å². The molecule has 0 bridgehead atoms. The van der Waals surface area contributed by atoms with Gasteiger partial charge in [0.2, 0.25) is 0 Å². The minimum absolute atomic E-state index is 0.146. The highest BCUT2D eigenvalue weighted by molar-refractivity contribution is 5.54. The highest BCUT2D eigenvalue weighted by atomic mass is 16.3. The Labute approximate surface area is 97.9 Å². The van der Waals surface area contributed by atoms with Gasteiger partial charge in [-0.3, -0.25) is 0 Å². The molecule has 88 valence electrons. The minimum atomic E-state index is 0.146. The third-order valence-electron chi connectivity index (χ3n) is 3.35. The van der Waals surface area contributed by atoms with Crippen molar-refractivity contribution < 1.29 is 5.11 Å². The van der Waals surface area contributed by atoms with Gasteiger partial charge in [-0.05, 0) is 25.8 Å². The molecule has 0 amide bonds. The second-order valence-electron chi connectivity index (χ2n) is 4.69. The van der Waals surface area contributed by atoms with Crippen LogP contribution in [0.4, 0.5) is 5.69 Å². The smallest absolute Gasteiger partial charge is 0.0702 e. The van der Waals surface area contributed by atoms with E-state index in [1.165, 1.54) is 36.9 Å². The first-order chi connectivity index (χ1) is 7.81. The number of aliphatic hydroxyl groups excluding tert-OH is 1. The van der Waals surface area contributed by atoms with Crippen molar-refractivity contribution >= 4 is 5.69 Å². The summed E-state index contributed by atoms with van der Waals surface area (Å²) in [5.74, 6) is 0. The van der Waals surface area contributed by atoms with Gasteiger partial charge in [-0.25, -0.2) is 0 Å². The first-order valence-corrected chi connectivity index (χ1v) is 6.26. The number of aliphatic hydroxyl groups is 1. The van der Waals surface area contributed by atoms with Crippen LogP contribution in [0.25, 0.3) is 0 Å². The molecule has 2 rings (SSSR count). The Hall–Kier alpha value is -1.02. The van der Waals surface area contributed by atoms with Gasteiger partial charge in [-0.2, -0.15) is 0 Å². The zero-order valence-electron chi connectivity index (χ0n) is 10.1. The molecule has 1 heterocycles. The lowest BCUT2D eigenvalue weighted by molar-refractivity contribution is 0.282. The fourth-order valence-electron chi connectivity index (χ4n) is 2.46. The maximum absolute atomic E-state index is 9.42. The molecule has 0 spiro atoms. The van der Waals surface area contributed by atoms with E-state index in [-0.39, 0.29) is 6.61 Å². The van der Waals surface area contributed by atoms with E-state index in [0.29, 0.717) is 0 Å². The van der Waals surface area contributed by atoms with Crippen LogP contribution in [0.5, 0.6) is 0 Å². The molecule has 1 aliphatic heterocycles. The summed E-state index contributed by atoms with van der Waals surface area (Å²) in [6.45, 7) is 4.49. The number of nitrogens with zero attached hydrogens (tertiary/aromatic N) is 1. The Kier molecular flexibility index (Phi) is 3.83. The van der Waals surface area contributed by atoms with Crippen molar-refractivity contribution in [3.63, 3.8) is 0 Å². The molecule has 1 aromatic carbocycles. The summed E-state index contributed by atoms with van der Waals surface area (Å²) in [4.78, 5) is 2.43. The summed E-state index contributed by atoms with van der Waals surface area (Å²) in [6.07, 6.45) is 5.24. The molecule has 1 saturated heterocycles. The summed E-state index contributed by atoms with van der Waals surface area (Å²) < 4.78 is 0. The molecule has 0 radical (unpaired) electrons. The van der Waals surface area contributed by atoms with Crippen LogP contribution in [-0.4, -0.2) is 18.2 Å². The lowest BCUT2D eigenvalue weighted by Gasteiger charge is -2.25. The van der Waals surface area contributed by atoms with Crippen molar-refractivity contribution in [2.24, 2.45) is 0 Å². The van der Waals surface area contributed by atoms with Crippen molar-refractivity contribution in [2.45, 2.75) is 39.2 Å². The number of aryl methyl sites for hydroxylation is 1. The van der Waals surface area contributed by atoms with Crippen molar-refractivity contribution in [3.05, 3.63) is 29.3 Å². The van der Waals surface area contributed by atoms with E-state index in [9.17, 15) is 5.11 Å². The zero-order chi connectivity index (χ0) is 11.4. The maximum Gasteiger partial charge on any atom is 0.0702 e. The van der Waals surface area contributed by atoms with E-state index < -0.39 is 0 Å². The summed E-state index contributed by atoms with van der Waals surface area (Å²) in [5.41, 5.74) is 3.53. The molecule has 1 fully saturated rings. The third kappa shape index (κ3) is 2.56. The van der Waals surface area contributed by atoms with Gasteiger partial charge in [-0.15, -0.1) is 0 Å². The van der Waals surface area contributed by atoms with Crippen molar-refractivity contribution in [1.29, 1.82) is 0 Å². The predicted molar refractivity (Wildman–Crippen MR) is 67.8 cm³/mol. The van der Waals surface area contributed by atoms with E-state index >= 15 is 0 Å². The quantitative estimate of drug-likeness (QED) is 0.826. The molecule has 16 heavy (non-hydrogen) atoms. The molecule has 1 aromatic rings. The average Bonchev–Trinajstić information content (AvgIpc) is 2.57. The van der Waals surface area contributed by atoms with E-state index in [1.54, 1.807) is 0 Å². The molecule has 0 unspecified atom stereocenters. The summed E-state index contributed by atoms with van der Waals surface area (Å²) in [7, 11) is 0. The Bertz CT molecular complexity index is 341. The largest absolute Gasteiger partial charge is 0.392 e. The van der Waals surface area contributed by atoms with Gasteiger partial charge in [0.05, 0.1) is 6.61 Å². The molecule has 0 aromatic heterocycles. The van der Waals surface area contributed by atoms with Gasteiger partial charge in [0.25, 0.3) is 0 Å². The van der Waals surface area contributed by atoms with E-state index in [2.05, 4.69) is 30.0 Å². The summed E-state index contributed by atoms with van der Waals surface area (Å²) in [5, 5.41) is 9.42. The molecule has 1 N–H and O–H groups in total. The number of anilines is 1. The molecule has 2 nitrogen and oxygen atoms in total. The van der Waals surface area contributed by atoms with Gasteiger partial charge in [0.1, 0.15) is 0 Å². The van der Waals surface area contributed by atoms with Gasteiger partial charge in [0, 0.05) is 24.3 Å². The molecular formula is C14H21NO. The fraction of sp³-hybridized carbons (Fsp3) is 0.571. The average molecular weight is 219 g/mol. The monoisotopic (exact) mass is 219 g/mol. The van der Waals surface area contributed by atoms with Gasteiger partial charge in [-0.1, -0.05) is 30.5 Å². The standard InChI is InChI=1S/C14H21NO/c1-12-6-7-14(13(10-12)11-16)15-8-4-2-3-5-9-15/h6-7,10,16H,2-5,8-9,11H2,1H3. The van der Waals surface area contributed by atoms with Crippen LogP contribution in [0.15, 0.2) is 18.2 Å². The molecule has 0 atom stereocenters. The van der Waals surface area contributed by atoms with E-state index in [0.717, 1.165) is 18.7 Å². The van der Waals surface area contributed by atoms with E-state index in [1.807, 2.05) is 0 Å². The molecule has 0 aliphatic carbocycles. The summed E-state index contributed by atoms with van der Waals surface area (Å²) in [6, 6.07) is 6.39. The second kappa shape index (κ2) is 5.35. The lowest BCUT2D eigenvalue weighted by Crippen LogP contribution is -2.25. The van der Waals surface area contributed by atoms with Crippen molar-refractivity contribution in [2.75, 3.05) is 18.0 Å². The Morgan fingerprint density at radius 3 is 2.44 bits per heavy atom. The lowest BCUT2D eigenvalue weighted by atomic mass is 10.1. The van der Waals surface area contributed by atoms with Gasteiger partial charge < -0.3 is 10.0 Å². The third-order valence-corrected chi connectivity index (χ3v) is 3.35. The molecular weight excluding hydrogens is 198 g/mol. The highest BCUT2D eigenvalue weighted by Gasteiger charge is 2.12. The Balaban J connectivity index is 2.23. The second-order valence-corrected chi connectivity index (χ2v) is 4.69. The number of benzene rings is 1. The van der Waals surface area contributed by atoms with Crippen LogP contribution in [0.3, 0.4) is 0 Å². The predicted octanol–water partition coefficient (Wildman–Crippen LogP) is 2.87. The summed E-state index contributed by atoms with van der Waals surface area (Å²) >= 11 is 0. The normalized spacial score (nSPS) is 17.2. The molecule has 1 aliphatic rings. The van der Waals surface area contributed by atoms with Gasteiger partial charge >= 0.3 is 0 Å².